The van der Waals surface area contributed by atoms with Gasteiger partial charge in [0.15, 0.2) is 0 Å². The number of hydrogen-bond donors (Lipinski definition) is 0. The van der Waals surface area contributed by atoms with E-state index in [0.29, 0.717) is 11.3 Å². The summed E-state index contributed by atoms with van der Waals surface area (Å²) < 4.78 is 13.8. The van der Waals surface area contributed by atoms with Crippen molar-refractivity contribution in [2.45, 2.75) is 6.92 Å². The number of pyridine rings is 2. The fourth-order valence-electron chi connectivity index (χ4n) is 1.94. The van der Waals surface area contributed by atoms with Crippen LogP contribution in [-0.2, 0) is 0 Å². The van der Waals surface area contributed by atoms with E-state index < -0.39 is 0 Å². The number of rotatable bonds is 1. The molecule has 0 bridgehead atoms. The van der Waals surface area contributed by atoms with Crippen LogP contribution in [0.15, 0.2) is 48.7 Å². The zero-order valence-electron chi connectivity index (χ0n) is 9.89. The molecule has 0 saturated heterocycles. The van der Waals surface area contributed by atoms with Crippen LogP contribution < -0.4 is 0 Å². The molecule has 0 saturated carbocycles. The van der Waals surface area contributed by atoms with Crippen molar-refractivity contribution in [3.63, 3.8) is 0 Å². The van der Waals surface area contributed by atoms with Gasteiger partial charge in [-0.05, 0) is 31.2 Å². The van der Waals surface area contributed by atoms with Gasteiger partial charge < -0.3 is 0 Å². The molecular formula is C15H11FN2. The highest BCUT2D eigenvalue weighted by Crippen LogP contribution is 2.23. The van der Waals surface area contributed by atoms with Crippen LogP contribution in [0.2, 0.25) is 0 Å². The summed E-state index contributed by atoms with van der Waals surface area (Å²) in [4.78, 5) is 8.56. The van der Waals surface area contributed by atoms with E-state index in [1.807, 2.05) is 37.3 Å². The van der Waals surface area contributed by atoms with Gasteiger partial charge in [-0.1, -0.05) is 18.2 Å². The summed E-state index contributed by atoms with van der Waals surface area (Å²) in [6.45, 7) is 1.84. The monoisotopic (exact) mass is 238 g/mol. The van der Waals surface area contributed by atoms with Crippen LogP contribution in [0.25, 0.3) is 22.2 Å². The quantitative estimate of drug-likeness (QED) is 0.645. The second-order valence-corrected chi connectivity index (χ2v) is 4.20. The molecule has 3 aromatic rings. The van der Waals surface area contributed by atoms with Crippen LogP contribution in [0.4, 0.5) is 4.39 Å². The maximum absolute atomic E-state index is 13.8. The molecule has 0 aliphatic carbocycles. The SMILES string of the molecule is Cc1ccc(F)c(-c2cnc3ccccc3c2)n1. The number of nitrogens with zero attached hydrogens (tertiary/aromatic N) is 2. The number of fused-ring (bicyclic) bond motifs is 1. The number of benzene rings is 1. The maximum Gasteiger partial charge on any atom is 0.149 e. The van der Waals surface area contributed by atoms with Crippen LogP contribution >= 0.6 is 0 Å². The molecule has 0 amide bonds. The largest absolute Gasteiger partial charge is 0.256 e. The highest BCUT2D eigenvalue weighted by atomic mass is 19.1. The Morgan fingerprint density at radius 3 is 2.78 bits per heavy atom. The Bertz CT molecular complexity index is 723. The van der Waals surface area contributed by atoms with Crippen molar-refractivity contribution in [2.75, 3.05) is 0 Å². The topological polar surface area (TPSA) is 25.8 Å². The molecule has 88 valence electrons. The van der Waals surface area contributed by atoms with Crippen LogP contribution in [0.1, 0.15) is 5.69 Å². The second kappa shape index (κ2) is 4.18. The Labute approximate surface area is 104 Å². The first-order valence-electron chi connectivity index (χ1n) is 5.72. The van der Waals surface area contributed by atoms with Crippen molar-refractivity contribution in [3.8, 4) is 11.3 Å². The smallest absolute Gasteiger partial charge is 0.149 e. The fraction of sp³-hybridized carbons (Fsp3) is 0.0667. The van der Waals surface area contributed by atoms with Crippen LogP contribution in [0.5, 0.6) is 0 Å². The van der Waals surface area contributed by atoms with Gasteiger partial charge in [-0.15, -0.1) is 0 Å². The van der Waals surface area contributed by atoms with E-state index in [1.54, 1.807) is 12.3 Å². The van der Waals surface area contributed by atoms with Gasteiger partial charge in [-0.2, -0.15) is 0 Å². The van der Waals surface area contributed by atoms with Crippen molar-refractivity contribution < 1.29 is 4.39 Å². The number of hydrogen-bond acceptors (Lipinski definition) is 2. The Balaban J connectivity index is 2.22. The number of halogens is 1. The predicted molar refractivity (Wildman–Crippen MR) is 69.7 cm³/mol. The Morgan fingerprint density at radius 2 is 1.89 bits per heavy atom. The third-order valence-electron chi connectivity index (χ3n) is 2.85. The minimum absolute atomic E-state index is 0.322. The molecule has 3 rings (SSSR count). The van der Waals surface area contributed by atoms with E-state index in [0.717, 1.165) is 16.6 Å². The summed E-state index contributed by atoms with van der Waals surface area (Å²) >= 11 is 0. The lowest BCUT2D eigenvalue weighted by Crippen LogP contribution is -1.92. The predicted octanol–water partition coefficient (Wildman–Crippen LogP) is 3.74. The first-order chi connectivity index (χ1) is 8.74. The van der Waals surface area contributed by atoms with Crippen molar-refractivity contribution >= 4 is 10.9 Å². The minimum Gasteiger partial charge on any atom is -0.256 e. The fourth-order valence-corrected chi connectivity index (χ4v) is 1.94. The van der Waals surface area contributed by atoms with Crippen molar-refractivity contribution in [3.05, 3.63) is 60.2 Å². The van der Waals surface area contributed by atoms with E-state index >= 15 is 0 Å². The second-order valence-electron chi connectivity index (χ2n) is 4.20. The zero-order chi connectivity index (χ0) is 12.5. The molecule has 0 unspecified atom stereocenters. The van der Waals surface area contributed by atoms with Gasteiger partial charge >= 0.3 is 0 Å². The molecule has 2 heterocycles. The summed E-state index contributed by atoms with van der Waals surface area (Å²) in [5, 5.41) is 0.984. The van der Waals surface area contributed by atoms with Crippen molar-refractivity contribution in [1.29, 1.82) is 0 Å². The highest BCUT2D eigenvalue weighted by molar-refractivity contribution is 5.82. The number of para-hydroxylation sites is 1. The van der Waals surface area contributed by atoms with E-state index in [-0.39, 0.29) is 5.82 Å². The molecule has 0 fully saturated rings. The third kappa shape index (κ3) is 1.84. The van der Waals surface area contributed by atoms with Gasteiger partial charge in [0, 0.05) is 22.8 Å². The lowest BCUT2D eigenvalue weighted by Gasteiger charge is -2.05. The zero-order valence-corrected chi connectivity index (χ0v) is 9.89. The van der Waals surface area contributed by atoms with Gasteiger partial charge in [-0.25, -0.2) is 9.37 Å². The van der Waals surface area contributed by atoms with Crippen molar-refractivity contribution in [1.82, 2.24) is 9.97 Å². The molecule has 2 nitrogen and oxygen atoms in total. The molecule has 18 heavy (non-hydrogen) atoms. The lowest BCUT2D eigenvalue weighted by molar-refractivity contribution is 0.624. The molecular weight excluding hydrogens is 227 g/mol. The number of aromatic nitrogens is 2. The van der Waals surface area contributed by atoms with Crippen LogP contribution in [0, 0.1) is 12.7 Å². The number of aryl methyl sites for hydroxylation is 1. The maximum atomic E-state index is 13.8. The molecule has 0 atom stereocenters. The van der Waals surface area contributed by atoms with Gasteiger partial charge in [0.05, 0.1) is 5.52 Å². The van der Waals surface area contributed by atoms with Gasteiger partial charge in [0.1, 0.15) is 11.5 Å². The molecule has 0 aliphatic heterocycles. The van der Waals surface area contributed by atoms with Gasteiger partial charge in [0.25, 0.3) is 0 Å². The van der Waals surface area contributed by atoms with E-state index in [2.05, 4.69) is 9.97 Å². The highest BCUT2D eigenvalue weighted by Gasteiger charge is 2.08. The van der Waals surface area contributed by atoms with E-state index in [4.69, 9.17) is 0 Å². The standard InChI is InChI=1S/C15H11FN2/c1-10-6-7-13(16)15(18-10)12-8-11-4-2-3-5-14(11)17-9-12/h2-9H,1H3. The Kier molecular flexibility index (Phi) is 2.52. The van der Waals surface area contributed by atoms with E-state index in [1.165, 1.54) is 6.07 Å². The lowest BCUT2D eigenvalue weighted by atomic mass is 10.1. The van der Waals surface area contributed by atoms with E-state index in [9.17, 15) is 4.39 Å². The Hall–Kier alpha value is -2.29. The summed E-state index contributed by atoms with van der Waals surface area (Å²) in [5.41, 5.74) is 2.75. The molecule has 0 aliphatic rings. The van der Waals surface area contributed by atoms with Crippen LogP contribution in [-0.4, -0.2) is 9.97 Å². The van der Waals surface area contributed by atoms with Gasteiger partial charge in [-0.3, -0.25) is 4.98 Å². The van der Waals surface area contributed by atoms with Crippen molar-refractivity contribution in [2.24, 2.45) is 0 Å². The molecule has 0 N–H and O–H groups in total. The molecule has 2 aromatic heterocycles. The normalized spacial score (nSPS) is 10.8. The first kappa shape index (κ1) is 10.8. The molecule has 0 radical (unpaired) electrons. The first-order valence-corrected chi connectivity index (χ1v) is 5.72. The summed E-state index contributed by atoms with van der Waals surface area (Å²) in [6, 6.07) is 12.8. The summed E-state index contributed by atoms with van der Waals surface area (Å²) in [5.74, 6) is -0.322. The molecule has 3 heteroatoms. The average Bonchev–Trinajstić information content (AvgIpc) is 2.41. The molecule has 1 aromatic carbocycles. The Morgan fingerprint density at radius 1 is 1.06 bits per heavy atom. The van der Waals surface area contributed by atoms with Gasteiger partial charge in [0.2, 0.25) is 0 Å². The van der Waals surface area contributed by atoms with Crippen LogP contribution in [0.3, 0.4) is 0 Å². The summed E-state index contributed by atoms with van der Waals surface area (Å²) in [6.07, 6.45) is 1.66. The minimum atomic E-state index is -0.322. The average molecular weight is 238 g/mol. The summed E-state index contributed by atoms with van der Waals surface area (Å²) in [7, 11) is 0. The molecule has 0 spiro atoms. The third-order valence-corrected chi connectivity index (χ3v) is 2.85.